The van der Waals surface area contributed by atoms with Gasteiger partial charge >= 0.3 is 0 Å². The summed E-state index contributed by atoms with van der Waals surface area (Å²) in [4.78, 5) is 11.5. The molecule has 1 saturated carbocycles. The molecule has 1 N–H and O–H groups in total. The quantitative estimate of drug-likeness (QED) is 0.906. The van der Waals surface area contributed by atoms with E-state index in [4.69, 9.17) is 4.98 Å². The van der Waals surface area contributed by atoms with Gasteiger partial charge in [-0.2, -0.15) is 4.98 Å². The van der Waals surface area contributed by atoms with Crippen molar-refractivity contribution >= 4 is 11.8 Å². The highest BCUT2D eigenvalue weighted by Gasteiger charge is 2.16. The molecule has 4 nitrogen and oxygen atoms in total. The summed E-state index contributed by atoms with van der Waals surface area (Å²) in [5.41, 5.74) is 0. The van der Waals surface area contributed by atoms with Crippen LogP contribution in [-0.4, -0.2) is 29.1 Å². The van der Waals surface area contributed by atoms with Crippen LogP contribution >= 0.6 is 0 Å². The van der Waals surface area contributed by atoms with E-state index in [9.17, 15) is 0 Å². The first kappa shape index (κ1) is 12.7. The van der Waals surface area contributed by atoms with Crippen LogP contribution in [0.1, 0.15) is 51.4 Å². The second-order valence-corrected chi connectivity index (χ2v) is 5.77. The monoisotopic (exact) mass is 260 g/mol. The predicted molar refractivity (Wildman–Crippen MR) is 78.6 cm³/mol. The molecule has 0 radical (unpaired) electrons. The molecule has 1 aliphatic heterocycles. The van der Waals surface area contributed by atoms with Gasteiger partial charge in [0.05, 0.1) is 0 Å². The first-order valence-corrected chi connectivity index (χ1v) is 7.76. The minimum absolute atomic E-state index is 0.617. The van der Waals surface area contributed by atoms with E-state index in [1.54, 1.807) is 0 Å². The van der Waals surface area contributed by atoms with Crippen LogP contribution in [0.3, 0.4) is 0 Å². The van der Waals surface area contributed by atoms with Crippen LogP contribution in [0.25, 0.3) is 0 Å². The van der Waals surface area contributed by atoms with E-state index in [2.05, 4.69) is 15.2 Å². The lowest BCUT2D eigenvalue weighted by Crippen LogP contribution is -2.26. The van der Waals surface area contributed by atoms with Gasteiger partial charge in [-0.05, 0) is 31.7 Å². The summed E-state index contributed by atoms with van der Waals surface area (Å²) in [6, 6.07) is 2.62. The van der Waals surface area contributed by atoms with E-state index >= 15 is 0 Å². The van der Waals surface area contributed by atoms with Crippen LogP contribution < -0.4 is 10.2 Å². The fourth-order valence-corrected chi connectivity index (χ4v) is 3.13. The van der Waals surface area contributed by atoms with Crippen molar-refractivity contribution in [3.63, 3.8) is 0 Å². The SMILES string of the molecule is c1cc(NC2CCCC2)nc(N2CCCCCC2)n1. The topological polar surface area (TPSA) is 41.1 Å². The maximum absolute atomic E-state index is 4.71. The lowest BCUT2D eigenvalue weighted by atomic mass is 10.2. The molecule has 1 aromatic heterocycles. The first-order valence-electron chi connectivity index (χ1n) is 7.76. The van der Waals surface area contributed by atoms with Crippen molar-refractivity contribution < 1.29 is 0 Å². The van der Waals surface area contributed by atoms with Crippen molar-refractivity contribution in [3.05, 3.63) is 12.3 Å². The van der Waals surface area contributed by atoms with Gasteiger partial charge in [0, 0.05) is 25.3 Å². The Morgan fingerprint density at radius 3 is 2.47 bits per heavy atom. The van der Waals surface area contributed by atoms with Gasteiger partial charge in [-0.3, -0.25) is 0 Å². The zero-order valence-corrected chi connectivity index (χ0v) is 11.6. The van der Waals surface area contributed by atoms with Crippen molar-refractivity contribution in [2.45, 2.75) is 57.4 Å². The Hall–Kier alpha value is -1.32. The Morgan fingerprint density at radius 2 is 1.74 bits per heavy atom. The molecule has 104 valence electrons. The molecule has 0 amide bonds. The van der Waals surface area contributed by atoms with Gasteiger partial charge in [0.15, 0.2) is 0 Å². The minimum atomic E-state index is 0.617. The maximum Gasteiger partial charge on any atom is 0.227 e. The summed E-state index contributed by atoms with van der Waals surface area (Å²) in [5.74, 6) is 1.91. The highest BCUT2D eigenvalue weighted by molar-refractivity contribution is 5.42. The number of aromatic nitrogens is 2. The molecule has 3 rings (SSSR count). The summed E-state index contributed by atoms with van der Waals surface area (Å²) < 4.78 is 0. The summed E-state index contributed by atoms with van der Waals surface area (Å²) in [6.07, 6.45) is 12.4. The second-order valence-electron chi connectivity index (χ2n) is 5.77. The molecule has 2 fully saturated rings. The largest absolute Gasteiger partial charge is 0.367 e. The molecule has 0 unspecified atom stereocenters. The van der Waals surface area contributed by atoms with E-state index in [1.165, 1.54) is 51.4 Å². The molecule has 0 spiro atoms. The molecule has 1 aromatic rings. The second kappa shape index (κ2) is 6.22. The van der Waals surface area contributed by atoms with Crippen LogP contribution in [-0.2, 0) is 0 Å². The number of nitrogens with one attached hydrogen (secondary N) is 1. The number of anilines is 2. The third kappa shape index (κ3) is 3.37. The Bertz CT molecular complexity index is 393. The van der Waals surface area contributed by atoms with Crippen LogP contribution in [0.4, 0.5) is 11.8 Å². The van der Waals surface area contributed by atoms with Gasteiger partial charge in [-0.15, -0.1) is 0 Å². The Labute approximate surface area is 115 Å². The molecule has 4 heteroatoms. The van der Waals surface area contributed by atoms with E-state index in [-0.39, 0.29) is 0 Å². The Balaban J connectivity index is 1.67. The lowest BCUT2D eigenvalue weighted by Gasteiger charge is -2.21. The standard InChI is InChI=1S/C15H24N4/c1-2-6-12-19(11-5-1)15-16-10-9-14(18-15)17-13-7-3-4-8-13/h9-10,13H,1-8,11-12H2,(H,16,17,18). The zero-order chi connectivity index (χ0) is 12.9. The highest BCUT2D eigenvalue weighted by atomic mass is 15.3. The molecule has 0 aromatic carbocycles. The lowest BCUT2D eigenvalue weighted by molar-refractivity contribution is 0.726. The Morgan fingerprint density at radius 1 is 1.00 bits per heavy atom. The predicted octanol–water partition coefficient (Wildman–Crippen LogP) is 3.21. The third-order valence-corrected chi connectivity index (χ3v) is 4.24. The van der Waals surface area contributed by atoms with E-state index in [1.807, 2.05) is 12.3 Å². The molecule has 19 heavy (non-hydrogen) atoms. The van der Waals surface area contributed by atoms with Gasteiger partial charge in [-0.1, -0.05) is 25.7 Å². The summed E-state index contributed by atoms with van der Waals surface area (Å²) in [5, 5.41) is 3.56. The smallest absolute Gasteiger partial charge is 0.227 e. The van der Waals surface area contributed by atoms with Crippen molar-refractivity contribution in [2.75, 3.05) is 23.3 Å². The summed E-state index contributed by atoms with van der Waals surface area (Å²) >= 11 is 0. The van der Waals surface area contributed by atoms with E-state index in [0.29, 0.717) is 6.04 Å². The number of nitrogens with zero attached hydrogens (tertiary/aromatic N) is 3. The fraction of sp³-hybridized carbons (Fsp3) is 0.733. The van der Waals surface area contributed by atoms with Crippen LogP contribution in [0, 0.1) is 0 Å². The van der Waals surface area contributed by atoms with E-state index < -0.39 is 0 Å². The summed E-state index contributed by atoms with van der Waals surface area (Å²) in [6.45, 7) is 2.21. The van der Waals surface area contributed by atoms with Crippen molar-refractivity contribution in [2.24, 2.45) is 0 Å². The van der Waals surface area contributed by atoms with Gasteiger partial charge in [0.2, 0.25) is 5.95 Å². The van der Waals surface area contributed by atoms with Crippen molar-refractivity contribution in [1.82, 2.24) is 9.97 Å². The third-order valence-electron chi connectivity index (χ3n) is 4.24. The number of hydrogen-bond donors (Lipinski definition) is 1. The van der Waals surface area contributed by atoms with E-state index in [0.717, 1.165) is 24.9 Å². The molecule has 2 aliphatic rings. The minimum Gasteiger partial charge on any atom is -0.367 e. The maximum atomic E-state index is 4.71. The molecule has 1 aliphatic carbocycles. The molecule has 2 heterocycles. The van der Waals surface area contributed by atoms with Crippen molar-refractivity contribution in [3.8, 4) is 0 Å². The Kier molecular flexibility index (Phi) is 4.16. The molecular weight excluding hydrogens is 236 g/mol. The molecule has 0 atom stereocenters. The van der Waals surface area contributed by atoms with Gasteiger partial charge in [-0.25, -0.2) is 4.98 Å². The number of rotatable bonds is 3. The first-order chi connectivity index (χ1) is 9.42. The van der Waals surface area contributed by atoms with Crippen LogP contribution in [0.2, 0.25) is 0 Å². The normalized spacial score (nSPS) is 21.4. The van der Waals surface area contributed by atoms with Crippen LogP contribution in [0.15, 0.2) is 12.3 Å². The molecule has 0 bridgehead atoms. The van der Waals surface area contributed by atoms with Gasteiger partial charge in [0.1, 0.15) is 5.82 Å². The summed E-state index contributed by atoms with van der Waals surface area (Å²) in [7, 11) is 0. The fourth-order valence-electron chi connectivity index (χ4n) is 3.13. The van der Waals surface area contributed by atoms with Gasteiger partial charge in [0.25, 0.3) is 0 Å². The zero-order valence-electron chi connectivity index (χ0n) is 11.6. The van der Waals surface area contributed by atoms with Crippen molar-refractivity contribution in [1.29, 1.82) is 0 Å². The molecular formula is C15H24N4. The van der Waals surface area contributed by atoms with Crippen LogP contribution in [0.5, 0.6) is 0 Å². The number of hydrogen-bond acceptors (Lipinski definition) is 4. The molecule has 1 saturated heterocycles. The average Bonchev–Trinajstić information content (AvgIpc) is 2.79. The average molecular weight is 260 g/mol. The van der Waals surface area contributed by atoms with Gasteiger partial charge < -0.3 is 10.2 Å². The highest BCUT2D eigenvalue weighted by Crippen LogP contribution is 2.22.